The smallest absolute Gasteiger partial charge is 0.407 e. The number of ether oxygens (including phenoxy) is 2. The summed E-state index contributed by atoms with van der Waals surface area (Å²) in [4.78, 5) is 26.4. The highest BCUT2D eigenvalue weighted by molar-refractivity contribution is 5.85. The van der Waals surface area contributed by atoms with Crippen LogP contribution in [0.3, 0.4) is 0 Å². The number of amides is 1. The molecule has 0 saturated carbocycles. The van der Waals surface area contributed by atoms with Crippen LogP contribution in [0.5, 0.6) is 5.88 Å². The van der Waals surface area contributed by atoms with Crippen molar-refractivity contribution >= 4 is 12.1 Å². The Morgan fingerprint density at radius 3 is 2.62 bits per heavy atom. The summed E-state index contributed by atoms with van der Waals surface area (Å²) < 4.78 is 10.5. The maximum atomic E-state index is 11.7. The van der Waals surface area contributed by atoms with Gasteiger partial charge in [-0.3, -0.25) is 0 Å². The molecule has 0 aliphatic carbocycles. The highest BCUT2D eigenvalue weighted by Crippen LogP contribution is 2.08. The molecule has 126 valence electrons. The molecule has 7 heteroatoms. The Morgan fingerprint density at radius 2 is 1.92 bits per heavy atom. The van der Waals surface area contributed by atoms with Crippen molar-refractivity contribution in [1.29, 1.82) is 0 Å². The topological polar surface area (TPSA) is 97.8 Å². The average Bonchev–Trinajstić information content (AvgIpc) is 2.59. The summed E-state index contributed by atoms with van der Waals surface area (Å²) in [6.45, 7) is 2.06. The Balaban J connectivity index is 1.74. The van der Waals surface area contributed by atoms with Crippen LogP contribution in [-0.4, -0.2) is 34.8 Å². The Morgan fingerprint density at radius 1 is 1.17 bits per heavy atom. The van der Waals surface area contributed by atoms with Crippen molar-refractivity contribution in [1.82, 2.24) is 10.3 Å². The molecule has 0 spiro atoms. The number of hydrogen-bond donors (Lipinski definition) is 2. The van der Waals surface area contributed by atoms with Gasteiger partial charge < -0.3 is 19.9 Å². The highest BCUT2D eigenvalue weighted by Gasteiger charge is 2.11. The lowest BCUT2D eigenvalue weighted by molar-refractivity contribution is 0.0689. The number of pyridine rings is 1. The summed E-state index contributed by atoms with van der Waals surface area (Å²) in [7, 11) is 0. The molecule has 0 aliphatic heterocycles. The van der Waals surface area contributed by atoms with Crippen LogP contribution in [0.2, 0.25) is 0 Å². The summed E-state index contributed by atoms with van der Waals surface area (Å²) in [6.07, 6.45) is -0.554. The van der Waals surface area contributed by atoms with Crippen molar-refractivity contribution in [3.63, 3.8) is 0 Å². The third kappa shape index (κ3) is 5.60. The fraction of sp³-hybridized carbons (Fsp3) is 0.235. The van der Waals surface area contributed by atoms with Crippen molar-refractivity contribution in [2.45, 2.75) is 19.6 Å². The average molecular weight is 330 g/mol. The van der Waals surface area contributed by atoms with Crippen molar-refractivity contribution in [3.05, 3.63) is 59.8 Å². The van der Waals surface area contributed by atoms with Gasteiger partial charge in [-0.1, -0.05) is 36.4 Å². The van der Waals surface area contributed by atoms with Gasteiger partial charge in [0.2, 0.25) is 5.88 Å². The van der Waals surface area contributed by atoms with Gasteiger partial charge in [0.25, 0.3) is 0 Å². The van der Waals surface area contributed by atoms with Crippen LogP contribution in [0.4, 0.5) is 4.79 Å². The SMILES string of the molecule is C[C@@H](COc1cccc(C(=O)O)n1)NC(=O)OCc1ccccc1. The first-order chi connectivity index (χ1) is 11.5. The largest absolute Gasteiger partial charge is 0.477 e. The predicted molar refractivity (Wildman–Crippen MR) is 85.9 cm³/mol. The summed E-state index contributed by atoms with van der Waals surface area (Å²) in [5.74, 6) is -0.947. The molecule has 2 rings (SSSR count). The fourth-order valence-electron chi connectivity index (χ4n) is 1.83. The van der Waals surface area contributed by atoms with Gasteiger partial charge in [0.05, 0.1) is 6.04 Å². The quantitative estimate of drug-likeness (QED) is 0.809. The lowest BCUT2D eigenvalue weighted by Gasteiger charge is -2.14. The number of nitrogens with zero attached hydrogens (tertiary/aromatic N) is 1. The number of carbonyl (C=O) groups is 2. The first-order valence-corrected chi connectivity index (χ1v) is 7.35. The molecule has 24 heavy (non-hydrogen) atoms. The van der Waals surface area contributed by atoms with Crippen LogP contribution in [0.25, 0.3) is 0 Å². The zero-order valence-corrected chi connectivity index (χ0v) is 13.1. The lowest BCUT2D eigenvalue weighted by Crippen LogP contribution is -2.37. The van der Waals surface area contributed by atoms with E-state index in [0.717, 1.165) is 5.56 Å². The van der Waals surface area contributed by atoms with Gasteiger partial charge in [0, 0.05) is 6.07 Å². The van der Waals surface area contributed by atoms with E-state index in [2.05, 4.69) is 10.3 Å². The Hall–Kier alpha value is -3.09. The molecule has 7 nitrogen and oxygen atoms in total. The Bertz CT molecular complexity index is 690. The molecule has 2 N–H and O–H groups in total. The second-order valence-corrected chi connectivity index (χ2v) is 5.08. The number of hydrogen-bond acceptors (Lipinski definition) is 5. The van der Waals surface area contributed by atoms with E-state index in [1.807, 2.05) is 30.3 Å². The van der Waals surface area contributed by atoms with Crippen LogP contribution < -0.4 is 10.1 Å². The van der Waals surface area contributed by atoms with Crippen LogP contribution in [-0.2, 0) is 11.3 Å². The van der Waals surface area contributed by atoms with E-state index in [4.69, 9.17) is 14.6 Å². The third-order valence-electron chi connectivity index (χ3n) is 3.00. The van der Waals surface area contributed by atoms with Gasteiger partial charge in [0.15, 0.2) is 5.69 Å². The lowest BCUT2D eigenvalue weighted by atomic mass is 10.2. The molecule has 1 amide bonds. The van der Waals surface area contributed by atoms with Gasteiger partial charge in [-0.15, -0.1) is 0 Å². The van der Waals surface area contributed by atoms with Crippen molar-refractivity contribution in [2.24, 2.45) is 0 Å². The molecule has 0 unspecified atom stereocenters. The van der Waals surface area contributed by atoms with E-state index < -0.39 is 12.1 Å². The molecule has 2 aromatic rings. The standard InChI is InChI=1S/C17H18N2O5/c1-12(10-23-15-9-5-8-14(19-15)16(20)21)18-17(22)24-11-13-6-3-2-4-7-13/h2-9,12H,10-11H2,1H3,(H,18,22)(H,20,21)/t12-/m0/s1. The normalized spacial score (nSPS) is 11.4. The zero-order chi connectivity index (χ0) is 17.4. The van der Waals surface area contributed by atoms with Crippen molar-refractivity contribution < 1.29 is 24.2 Å². The highest BCUT2D eigenvalue weighted by atomic mass is 16.5. The van der Waals surface area contributed by atoms with Crippen LogP contribution >= 0.6 is 0 Å². The van der Waals surface area contributed by atoms with Crippen LogP contribution in [0.15, 0.2) is 48.5 Å². The van der Waals surface area contributed by atoms with Gasteiger partial charge in [-0.2, -0.15) is 0 Å². The van der Waals surface area contributed by atoms with E-state index in [1.54, 1.807) is 13.0 Å². The van der Waals surface area contributed by atoms with Gasteiger partial charge in [-0.05, 0) is 18.6 Å². The third-order valence-corrected chi connectivity index (χ3v) is 3.00. The fourth-order valence-corrected chi connectivity index (χ4v) is 1.83. The number of carboxylic acids is 1. The maximum absolute atomic E-state index is 11.7. The van der Waals surface area contributed by atoms with E-state index in [0.29, 0.717) is 0 Å². The van der Waals surface area contributed by atoms with E-state index in [-0.39, 0.29) is 30.8 Å². The minimum Gasteiger partial charge on any atom is -0.477 e. The van der Waals surface area contributed by atoms with Gasteiger partial charge in [-0.25, -0.2) is 14.6 Å². The molecule has 1 aromatic heterocycles. The minimum absolute atomic E-state index is 0.101. The number of nitrogens with one attached hydrogen (secondary N) is 1. The maximum Gasteiger partial charge on any atom is 0.407 e. The monoisotopic (exact) mass is 330 g/mol. The molecule has 0 bridgehead atoms. The molecule has 1 aromatic carbocycles. The number of aromatic carboxylic acids is 1. The first-order valence-electron chi connectivity index (χ1n) is 7.35. The first kappa shape index (κ1) is 17.3. The van der Waals surface area contributed by atoms with Crippen LogP contribution in [0, 0.1) is 0 Å². The molecule has 0 radical (unpaired) electrons. The molecular formula is C17H18N2O5. The van der Waals surface area contributed by atoms with E-state index >= 15 is 0 Å². The molecule has 0 aliphatic rings. The molecule has 1 heterocycles. The van der Waals surface area contributed by atoms with E-state index in [9.17, 15) is 9.59 Å². The summed E-state index contributed by atoms with van der Waals surface area (Å²) >= 11 is 0. The number of alkyl carbamates (subject to hydrolysis) is 1. The van der Waals surface area contributed by atoms with Gasteiger partial charge in [0.1, 0.15) is 13.2 Å². The number of carboxylic acid groups (broad SMARTS) is 1. The number of aromatic nitrogens is 1. The molecule has 0 fully saturated rings. The van der Waals surface area contributed by atoms with Gasteiger partial charge >= 0.3 is 12.1 Å². The summed E-state index contributed by atoms with van der Waals surface area (Å²) in [6, 6.07) is 13.5. The summed E-state index contributed by atoms with van der Waals surface area (Å²) in [5, 5.41) is 11.5. The number of carbonyl (C=O) groups excluding carboxylic acids is 1. The second kappa shape index (κ2) is 8.52. The predicted octanol–water partition coefficient (Wildman–Crippen LogP) is 2.47. The Kier molecular flexibility index (Phi) is 6.13. The number of benzene rings is 1. The minimum atomic E-state index is -1.13. The zero-order valence-electron chi connectivity index (χ0n) is 13.1. The summed E-state index contributed by atoms with van der Waals surface area (Å²) in [5.41, 5.74) is 0.793. The van der Waals surface area contributed by atoms with Crippen LogP contribution in [0.1, 0.15) is 23.0 Å². The van der Waals surface area contributed by atoms with Crippen molar-refractivity contribution in [3.8, 4) is 5.88 Å². The molecule has 1 atom stereocenters. The van der Waals surface area contributed by atoms with Crippen molar-refractivity contribution in [2.75, 3.05) is 6.61 Å². The Labute approximate surface area is 139 Å². The molecule has 0 saturated heterocycles. The second-order valence-electron chi connectivity index (χ2n) is 5.08. The number of rotatable bonds is 7. The van der Waals surface area contributed by atoms with E-state index in [1.165, 1.54) is 12.1 Å². The molecular weight excluding hydrogens is 312 g/mol.